The van der Waals surface area contributed by atoms with Crippen LogP contribution in [-0.2, 0) is 9.84 Å². The molecule has 1 aliphatic rings. The van der Waals surface area contributed by atoms with E-state index in [1.807, 2.05) is 13.0 Å². The van der Waals surface area contributed by atoms with E-state index in [0.717, 1.165) is 11.1 Å². The third kappa shape index (κ3) is 2.67. The number of hydrogen-bond acceptors (Lipinski definition) is 3. The van der Waals surface area contributed by atoms with E-state index >= 15 is 0 Å². The zero-order valence-corrected chi connectivity index (χ0v) is 13.7. The van der Waals surface area contributed by atoms with Gasteiger partial charge in [-0.3, -0.25) is 0 Å². The van der Waals surface area contributed by atoms with Gasteiger partial charge in [0.05, 0.1) is 10.1 Å². The number of sulfone groups is 1. The van der Waals surface area contributed by atoms with Crippen LogP contribution in [0.1, 0.15) is 17.0 Å². The Hall–Kier alpha value is -1.36. The molecule has 3 rings (SSSR count). The second-order valence-corrected chi connectivity index (χ2v) is 8.29. The largest absolute Gasteiger partial charge is 0.396 e. The van der Waals surface area contributed by atoms with Gasteiger partial charge in [-0.2, -0.15) is 0 Å². The molecule has 0 unspecified atom stereocenters. The van der Waals surface area contributed by atoms with Crippen LogP contribution in [0.3, 0.4) is 0 Å². The van der Waals surface area contributed by atoms with Crippen molar-refractivity contribution in [2.45, 2.75) is 23.0 Å². The lowest BCUT2D eigenvalue weighted by Gasteiger charge is -2.05. The summed E-state index contributed by atoms with van der Waals surface area (Å²) in [6.07, 6.45) is 0. The molecule has 1 fully saturated rings. The molecule has 1 saturated carbocycles. The van der Waals surface area contributed by atoms with Crippen LogP contribution in [0.25, 0.3) is 0 Å². The van der Waals surface area contributed by atoms with Gasteiger partial charge in [0.1, 0.15) is 0 Å². The second kappa shape index (κ2) is 5.69. The van der Waals surface area contributed by atoms with Gasteiger partial charge in [0, 0.05) is 23.5 Å². The fourth-order valence-corrected chi connectivity index (χ4v) is 5.42. The van der Waals surface area contributed by atoms with Crippen LogP contribution in [0, 0.1) is 12.8 Å². The molecule has 0 aromatic heterocycles. The van der Waals surface area contributed by atoms with Gasteiger partial charge in [0.25, 0.3) is 0 Å². The van der Waals surface area contributed by atoms with E-state index in [0.29, 0.717) is 9.92 Å². The Morgan fingerprint density at radius 3 is 2.41 bits per heavy atom. The van der Waals surface area contributed by atoms with Crippen LogP contribution in [-0.4, -0.2) is 25.4 Å². The zero-order chi connectivity index (χ0) is 15.9. The molecule has 0 heterocycles. The molecule has 1 aliphatic carbocycles. The van der Waals surface area contributed by atoms with E-state index in [-0.39, 0.29) is 18.4 Å². The van der Waals surface area contributed by atoms with Crippen molar-refractivity contribution in [3.63, 3.8) is 0 Å². The van der Waals surface area contributed by atoms with Crippen molar-refractivity contribution in [3.8, 4) is 0 Å². The molecule has 0 radical (unpaired) electrons. The monoisotopic (exact) mass is 336 g/mol. The number of hydrogen-bond donors (Lipinski definition) is 1. The molecule has 0 amide bonds. The highest BCUT2D eigenvalue weighted by Crippen LogP contribution is 2.53. The average Bonchev–Trinajstić information content (AvgIpc) is 3.23. The highest BCUT2D eigenvalue weighted by atomic mass is 35.5. The normalized spacial score (nSPS) is 24.2. The van der Waals surface area contributed by atoms with E-state index in [1.54, 1.807) is 42.5 Å². The summed E-state index contributed by atoms with van der Waals surface area (Å²) >= 11 is 5.99. The highest BCUT2D eigenvalue weighted by Gasteiger charge is 2.58. The maximum absolute atomic E-state index is 12.8. The summed E-state index contributed by atoms with van der Waals surface area (Å²) in [7, 11) is -3.46. The van der Waals surface area contributed by atoms with Crippen LogP contribution in [0.5, 0.6) is 0 Å². The Labute approximate surface area is 135 Å². The zero-order valence-electron chi connectivity index (χ0n) is 12.1. The van der Waals surface area contributed by atoms with Crippen LogP contribution in [0.4, 0.5) is 0 Å². The van der Waals surface area contributed by atoms with Gasteiger partial charge in [-0.25, -0.2) is 8.42 Å². The maximum atomic E-state index is 12.8. The standard InChI is InChI=1S/C17H17ClO3S/c1-11-5-7-14(8-6-11)22(20,21)17-15(10-19)16(17)12-3-2-4-13(18)9-12/h2-9,15-17,19H,10H2,1H3/t15-,16-,17-/m1/s1. The first kappa shape index (κ1) is 15.5. The Bertz CT molecular complexity index is 784. The van der Waals surface area contributed by atoms with Crippen LogP contribution in [0.15, 0.2) is 53.4 Å². The van der Waals surface area contributed by atoms with Gasteiger partial charge >= 0.3 is 0 Å². The molecule has 1 N–H and O–H groups in total. The van der Waals surface area contributed by atoms with Crippen LogP contribution >= 0.6 is 11.6 Å². The lowest BCUT2D eigenvalue weighted by Crippen LogP contribution is -2.11. The molecule has 3 atom stereocenters. The smallest absolute Gasteiger partial charge is 0.182 e. The molecule has 5 heteroatoms. The van der Waals surface area contributed by atoms with Crippen molar-refractivity contribution < 1.29 is 13.5 Å². The Morgan fingerprint density at radius 2 is 1.82 bits per heavy atom. The van der Waals surface area contributed by atoms with Gasteiger partial charge in [0.2, 0.25) is 0 Å². The fourth-order valence-electron chi connectivity index (χ4n) is 3.02. The lowest BCUT2D eigenvalue weighted by molar-refractivity contribution is 0.274. The van der Waals surface area contributed by atoms with Crippen molar-refractivity contribution in [1.29, 1.82) is 0 Å². The topological polar surface area (TPSA) is 54.4 Å². The maximum Gasteiger partial charge on any atom is 0.182 e. The SMILES string of the molecule is Cc1ccc(S(=O)(=O)[C@@H]2[C@H](CO)[C@H]2c2cccc(Cl)c2)cc1. The molecule has 3 nitrogen and oxygen atoms in total. The third-order valence-corrected chi connectivity index (χ3v) is 6.77. The van der Waals surface area contributed by atoms with E-state index in [9.17, 15) is 13.5 Å². The lowest BCUT2D eigenvalue weighted by atomic mass is 10.1. The first-order valence-electron chi connectivity index (χ1n) is 7.12. The summed E-state index contributed by atoms with van der Waals surface area (Å²) in [6, 6.07) is 14.0. The minimum Gasteiger partial charge on any atom is -0.396 e. The average molecular weight is 337 g/mol. The van der Waals surface area contributed by atoms with Gasteiger partial charge in [-0.1, -0.05) is 41.4 Å². The number of benzene rings is 2. The van der Waals surface area contributed by atoms with E-state index in [4.69, 9.17) is 11.6 Å². The minimum atomic E-state index is -3.46. The molecule has 0 aliphatic heterocycles. The first-order chi connectivity index (χ1) is 10.4. The molecule has 0 spiro atoms. The van der Waals surface area contributed by atoms with Crippen molar-refractivity contribution in [2.24, 2.45) is 5.92 Å². The molecular formula is C17H17ClO3S. The minimum absolute atomic E-state index is 0.146. The van der Waals surface area contributed by atoms with Crippen molar-refractivity contribution in [3.05, 3.63) is 64.7 Å². The number of aliphatic hydroxyl groups excluding tert-OH is 1. The summed E-state index contributed by atoms with van der Waals surface area (Å²) in [5.41, 5.74) is 1.88. The first-order valence-corrected chi connectivity index (χ1v) is 9.04. The summed E-state index contributed by atoms with van der Waals surface area (Å²) in [4.78, 5) is 0.311. The predicted octanol–water partition coefficient (Wildman–Crippen LogP) is 3.20. The number of aliphatic hydroxyl groups is 1. The third-order valence-electron chi connectivity index (χ3n) is 4.25. The molecule has 2 aromatic carbocycles. The second-order valence-electron chi connectivity index (χ2n) is 5.75. The number of rotatable bonds is 4. The van der Waals surface area contributed by atoms with Crippen molar-refractivity contribution in [1.82, 2.24) is 0 Å². The highest BCUT2D eigenvalue weighted by molar-refractivity contribution is 7.92. The Balaban J connectivity index is 1.95. The molecule has 22 heavy (non-hydrogen) atoms. The van der Waals surface area contributed by atoms with Crippen molar-refractivity contribution in [2.75, 3.05) is 6.61 Å². The predicted molar refractivity (Wildman–Crippen MR) is 86.9 cm³/mol. The Kier molecular flexibility index (Phi) is 4.02. The molecule has 116 valence electrons. The number of aryl methyl sites for hydroxylation is 1. The molecular weight excluding hydrogens is 320 g/mol. The summed E-state index contributed by atoms with van der Waals surface area (Å²) in [5.74, 6) is -0.472. The summed E-state index contributed by atoms with van der Waals surface area (Å²) < 4.78 is 25.6. The summed E-state index contributed by atoms with van der Waals surface area (Å²) in [5, 5.41) is 9.53. The Morgan fingerprint density at radius 1 is 1.14 bits per heavy atom. The van der Waals surface area contributed by atoms with Gasteiger partial charge in [-0.05, 0) is 36.8 Å². The molecule has 2 aromatic rings. The van der Waals surface area contributed by atoms with Gasteiger partial charge < -0.3 is 5.11 Å². The van der Waals surface area contributed by atoms with E-state index in [1.165, 1.54) is 0 Å². The van der Waals surface area contributed by atoms with E-state index in [2.05, 4.69) is 0 Å². The molecule has 0 saturated heterocycles. The van der Waals surface area contributed by atoms with Crippen LogP contribution < -0.4 is 0 Å². The quantitative estimate of drug-likeness (QED) is 0.932. The van der Waals surface area contributed by atoms with Crippen LogP contribution in [0.2, 0.25) is 5.02 Å². The van der Waals surface area contributed by atoms with E-state index < -0.39 is 15.1 Å². The molecule has 0 bridgehead atoms. The number of halogens is 1. The van der Waals surface area contributed by atoms with Gasteiger partial charge in [-0.15, -0.1) is 0 Å². The van der Waals surface area contributed by atoms with Gasteiger partial charge in [0.15, 0.2) is 9.84 Å². The summed E-state index contributed by atoms with van der Waals surface area (Å²) in [6.45, 7) is 1.77. The van der Waals surface area contributed by atoms with Crippen molar-refractivity contribution >= 4 is 21.4 Å². The fraction of sp³-hybridized carbons (Fsp3) is 0.294.